The van der Waals surface area contributed by atoms with Crippen LogP contribution in [0.1, 0.15) is 20.7 Å². The number of hydrogen-bond donors (Lipinski definition) is 0. The van der Waals surface area contributed by atoms with Gasteiger partial charge in [-0.3, -0.25) is 0 Å². The lowest BCUT2D eigenvalue weighted by molar-refractivity contribution is -0.0782. The van der Waals surface area contributed by atoms with Gasteiger partial charge in [0.25, 0.3) is 0 Å². The van der Waals surface area contributed by atoms with Crippen LogP contribution in [0.4, 0.5) is 0 Å². The molecule has 0 radical (unpaired) electrons. The molecule has 0 saturated carbocycles. The van der Waals surface area contributed by atoms with Gasteiger partial charge in [-0.25, -0.2) is 9.59 Å². The maximum Gasteiger partial charge on any atom is 0.338 e. The molecule has 2 aromatic rings. The Balaban J connectivity index is 1.11. The van der Waals surface area contributed by atoms with Crippen molar-refractivity contribution >= 4 is 22.7 Å². The summed E-state index contributed by atoms with van der Waals surface area (Å²) >= 11 is 0. The number of hydrogen-bond acceptors (Lipinski definition) is 10. The van der Waals surface area contributed by atoms with Crippen molar-refractivity contribution in [3.05, 3.63) is 47.5 Å². The van der Waals surface area contributed by atoms with E-state index in [0.717, 1.165) is 31.8 Å². The Labute approximate surface area is 222 Å². The van der Waals surface area contributed by atoms with Crippen LogP contribution in [0.15, 0.2) is 36.4 Å². The van der Waals surface area contributed by atoms with E-state index in [0.29, 0.717) is 68.0 Å². The maximum atomic E-state index is 12.6. The molecule has 0 bridgehead atoms. The molecule has 4 rings (SSSR count). The van der Waals surface area contributed by atoms with Gasteiger partial charge in [0, 0.05) is 11.8 Å². The normalized spacial score (nSPS) is 15.7. The van der Waals surface area contributed by atoms with E-state index in [2.05, 4.69) is 0 Å². The summed E-state index contributed by atoms with van der Waals surface area (Å²) in [5, 5.41) is 1.43. The van der Waals surface area contributed by atoms with Crippen LogP contribution >= 0.6 is 0 Å². The molecular formula is C28H36O10. The van der Waals surface area contributed by atoms with Crippen LogP contribution in [0.25, 0.3) is 10.8 Å². The molecule has 208 valence electrons. The second kappa shape index (κ2) is 15.7. The zero-order valence-electron chi connectivity index (χ0n) is 21.6. The molecule has 38 heavy (non-hydrogen) atoms. The lowest BCUT2D eigenvalue weighted by atomic mass is 10.0. The highest BCUT2D eigenvalue weighted by Crippen LogP contribution is 2.22. The minimum absolute atomic E-state index is 0.139. The van der Waals surface area contributed by atoms with Gasteiger partial charge in [0.1, 0.15) is 13.2 Å². The van der Waals surface area contributed by atoms with Gasteiger partial charge in [-0.15, -0.1) is 0 Å². The zero-order valence-corrected chi connectivity index (χ0v) is 21.6. The Bertz CT molecular complexity index is 1020. The van der Waals surface area contributed by atoms with E-state index >= 15 is 0 Å². The molecule has 2 aromatic carbocycles. The van der Waals surface area contributed by atoms with Crippen molar-refractivity contribution < 1.29 is 47.5 Å². The van der Waals surface area contributed by atoms with Gasteiger partial charge in [-0.1, -0.05) is 18.2 Å². The molecule has 0 unspecified atom stereocenters. The van der Waals surface area contributed by atoms with Crippen LogP contribution in [-0.4, -0.2) is 104 Å². The Morgan fingerprint density at radius 1 is 0.658 bits per heavy atom. The lowest BCUT2D eigenvalue weighted by Gasteiger charge is -2.25. The summed E-state index contributed by atoms with van der Waals surface area (Å²) in [5.41, 5.74) is 0.823. The van der Waals surface area contributed by atoms with E-state index in [1.54, 1.807) is 30.3 Å². The third kappa shape index (κ3) is 9.00. The summed E-state index contributed by atoms with van der Waals surface area (Å²) in [6, 6.07) is 10.3. The average molecular weight is 533 g/mol. The van der Waals surface area contributed by atoms with Crippen molar-refractivity contribution in [2.45, 2.75) is 0 Å². The first-order chi connectivity index (χ1) is 18.7. The molecule has 2 heterocycles. The fraction of sp³-hybridized carbons (Fsp3) is 0.571. The summed E-state index contributed by atoms with van der Waals surface area (Å²) in [7, 11) is 0. The summed E-state index contributed by atoms with van der Waals surface area (Å²) < 4.78 is 42.8. The van der Waals surface area contributed by atoms with E-state index in [1.807, 2.05) is 6.07 Å². The SMILES string of the molecule is O=C(OCCOCCOCC1COC1)c1ccc2c(C(=O)OCCOCCOCC3COC3)cccc2c1. The van der Waals surface area contributed by atoms with E-state index in [4.69, 9.17) is 37.9 Å². The van der Waals surface area contributed by atoms with E-state index in [-0.39, 0.29) is 26.4 Å². The van der Waals surface area contributed by atoms with Gasteiger partial charge < -0.3 is 37.9 Å². The molecular weight excluding hydrogens is 496 g/mol. The van der Waals surface area contributed by atoms with Gasteiger partial charge >= 0.3 is 11.9 Å². The Hall–Kier alpha value is -2.60. The Morgan fingerprint density at radius 2 is 1.21 bits per heavy atom. The molecule has 10 heteroatoms. The van der Waals surface area contributed by atoms with Crippen LogP contribution in [0.3, 0.4) is 0 Å². The minimum Gasteiger partial charge on any atom is -0.460 e. The number of esters is 2. The molecule has 2 aliphatic heterocycles. The topological polar surface area (TPSA) is 108 Å². The molecule has 0 amide bonds. The highest BCUT2D eigenvalue weighted by molar-refractivity contribution is 6.06. The van der Waals surface area contributed by atoms with E-state index in [1.165, 1.54) is 0 Å². The lowest BCUT2D eigenvalue weighted by Crippen LogP contribution is -2.32. The maximum absolute atomic E-state index is 12.6. The van der Waals surface area contributed by atoms with Crippen LogP contribution < -0.4 is 0 Å². The fourth-order valence-corrected chi connectivity index (χ4v) is 3.84. The minimum atomic E-state index is -0.452. The van der Waals surface area contributed by atoms with Crippen LogP contribution in [0.5, 0.6) is 0 Å². The quantitative estimate of drug-likeness (QED) is 0.210. The molecule has 2 fully saturated rings. The van der Waals surface area contributed by atoms with Gasteiger partial charge in [-0.2, -0.15) is 0 Å². The largest absolute Gasteiger partial charge is 0.460 e. The molecule has 0 aliphatic carbocycles. The standard InChI is InChI=1S/C28H36O10/c29-27(37-12-10-31-6-8-33-15-21-17-35-18-21)24-4-5-25-23(14-24)2-1-3-26(25)28(30)38-13-11-32-7-9-34-16-22-19-36-20-22/h1-5,14,21-22H,6-13,15-20H2. The third-order valence-electron chi connectivity index (χ3n) is 6.12. The summed E-state index contributed by atoms with van der Waals surface area (Å²) in [6.45, 7) is 7.15. The van der Waals surface area contributed by atoms with Crippen molar-refractivity contribution in [3.63, 3.8) is 0 Å². The van der Waals surface area contributed by atoms with Crippen molar-refractivity contribution in [1.82, 2.24) is 0 Å². The zero-order chi connectivity index (χ0) is 26.4. The first kappa shape index (κ1) is 28.4. The number of carbonyl (C=O) groups excluding carboxylic acids is 2. The fourth-order valence-electron chi connectivity index (χ4n) is 3.84. The first-order valence-corrected chi connectivity index (χ1v) is 13.0. The monoisotopic (exact) mass is 532 g/mol. The number of ether oxygens (including phenoxy) is 8. The molecule has 2 aliphatic rings. The number of carbonyl (C=O) groups is 2. The summed E-state index contributed by atoms with van der Waals surface area (Å²) in [5.74, 6) is 0.0869. The number of benzene rings is 2. The van der Waals surface area contributed by atoms with Crippen LogP contribution in [-0.2, 0) is 37.9 Å². The molecule has 0 N–H and O–H groups in total. The molecule has 0 atom stereocenters. The van der Waals surface area contributed by atoms with Crippen LogP contribution in [0, 0.1) is 11.8 Å². The molecule has 10 nitrogen and oxygen atoms in total. The summed E-state index contributed by atoms with van der Waals surface area (Å²) in [6.07, 6.45) is 0. The van der Waals surface area contributed by atoms with Gasteiger partial charge in [0.2, 0.25) is 0 Å². The second-order valence-electron chi connectivity index (χ2n) is 9.19. The van der Waals surface area contributed by atoms with Crippen molar-refractivity contribution in [3.8, 4) is 0 Å². The molecule has 2 saturated heterocycles. The van der Waals surface area contributed by atoms with Crippen molar-refractivity contribution in [2.24, 2.45) is 11.8 Å². The third-order valence-corrected chi connectivity index (χ3v) is 6.12. The average Bonchev–Trinajstić information content (AvgIpc) is 2.88. The predicted molar refractivity (Wildman–Crippen MR) is 136 cm³/mol. The second-order valence-corrected chi connectivity index (χ2v) is 9.19. The predicted octanol–water partition coefficient (Wildman–Crippen LogP) is 2.51. The number of fused-ring (bicyclic) bond motifs is 1. The van der Waals surface area contributed by atoms with E-state index in [9.17, 15) is 9.59 Å². The number of rotatable bonds is 18. The van der Waals surface area contributed by atoms with Crippen molar-refractivity contribution in [1.29, 1.82) is 0 Å². The van der Waals surface area contributed by atoms with Crippen LogP contribution in [0.2, 0.25) is 0 Å². The van der Waals surface area contributed by atoms with Gasteiger partial charge in [0.05, 0.1) is 90.4 Å². The Morgan fingerprint density at radius 3 is 1.79 bits per heavy atom. The molecule has 0 aromatic heterocycles. The van der Waals surface area contributed by atoms with Crippen molar-refractivity contribution in [2.75, 3.05) is 92.5 Å². The van der Waals surface area contributed by atoms with Gasteiger partial charge in [-0.05, 0) is 29.0 Å². The first-order valence-electron chi connectivity index (χ1n) is 13.0. The van der Waals surface area contributed by atoms with Gasteiger partial charge in [0.15, 0.2) is 0 Å². The highest BCUT2D eigenvalue weighted by Gasteiger charge is 2.19. The smallest absolute Gasteiger partial charge is 0.338 e. The highest BCUT2D eigenvalue weighted by atomic mass is 16.6. The summed E-state index contributed by atoms with van der Waals surface area (Å²) in [4.78, 5) is 25.1. The molecule has 0 spiro atoms. The van der Waals surface area contributed by atoms with E-state index < -0.39 is 11.9 Å². The Kier molecular flexibility index (Phi) is 11.8.